The van der Waals surface area contributed by atoms with Crippen molar-refractivity contribution in [2.24, 2.45) is 10.7 Å². The number of hydrogen-bond donors (Lipinski definition) is 1. The first-order chi connectivity index (χ1) is 10.8. The second kappa shape index (κ2) is 9.35. The molecule has 3 rings (SSSR count). The molecule has 1 aliphatic heterocycles. The van der Waals surface area contributed by atoms with Crippen molar-refractivity contribution in [1.82, 2.24) is 4.90 Å². The van der Waals surface area contributed by atoms with Gasteiger partial charge in [0.2, 0.25) is 0 Å². The van der Waals surface area contributed by atoms with Crippen molar-refractivity contribution in [3.05, 3.63) is 29.8 Å². The quantitative estimate of drug-likeness (QED) is 0.449. The number of hydrogen-bond acceptors (Lipinski definition) is 2. The summed E-state index contributed by atoms with van der Waals surface area (Å²) in [7, 11) is 0. The first kappa shape index (κ1) is 18.4. The number of ether oxygens (including phenoxy) is 1. The maximum atomic E-state index is 6.16. The number of rotatable bonds is 4. The van der Waals surface area contributed by atoms with Crippen molar-refractivity contribution in [2.75, 3.05) is 13.1 Å². The molecule has 2 aliphatic rings. The fourth-order valence-electron chi connectivity index (χ4n) is 3.32. The van der Waals surface area contributed by atoms with Crippen LogP contribution in [0.1, 0.15) is 50.5 Å². The van der Waals surface area contributed by atoms with E-state index in [2.05, 4.69) is 22.0 Å². The molecule has 4 nitrogen and oxygen atoms in total. The molecule has 1 saturated heterocycles. The van der Waals surface area contributed by atoms with Crippen molar-refractivity contribution >= 4 is 29.9 Å². The maximum Gasteiger partial charge on any atom is 0.191 e. The Morgan fingerprint density at radius 2 is 1.78 bits per heavy atom. The molecule has 0 bridgehead atoms. The number of nitrogens with zero attached hydrogens (tertiary/aromatic N) is 2. The van der Waals surface area contributed by atoms with E-state index in [1.54, 1.807) is 0 Å². The van der Waals surface area contributed by atoms with Gasteiger partial charge in [-0.2, -0.15) is 0 Å². The van der Waals surface area contributed by atoms with Crippen LogP contribution >= 0.6 is 24.0 Å². The van der Waals surface area contributed by atoms with Crippen LogP contribution in [-0.2, 0) is 6.54 Å². The van der Waals surface area contributed by atoms with Gasteiger partial charge in [0.15, 0.2) is 5.96 Å². The van der Waals surface area contributed by atoms with Crippen LogP contribution in [0.25, 0.3) is 0 Å². The standard InChI is InChI=1S/C18H27N3O.HI/c19-18(21-12-6-1-7-13-21)20-14-15-8-2-5-11-17(15)22-16-9-3-4-10-16;/h2,5,8,11,16H,1,3-4,6-7,9-10,12-14H2,(H2,19,20);1H. The minimum atomic E-state index is 0. The van der Waals surface area contributed by atoms with Gasteiger partial charge in [-0.05, 0) is 51.0 Å². The van der Waals surface area contributed by atoms with Crippen molar-refractivity contribution in [2.45, 2.75) is 57.6 Å². The first-order valence-electron chi connectivity index (χ1n) is 8.62. The molecule has 1 saturated carbocycles. The summed E-state index contributed by atoms with van der Waals surface area (Å²) >= 11 is 0. The Balaban J connectivity index is 0.00000192. The van der Waals surface area contributed by atoms with Gasteiger partial charge in [-0.3, -0.25) is 0 Å². The third-order valence-electron chi connectivity index (χ3n) is 4.66. The van der Waals surface area contributed by atoms with Gasteiger partial charge in [-0.1, -0.05) is 18.2 Å². The van der Waals surface area contributed by atoms with Gasteiger partial charge in [0.25, 0.3) is 0 Å². The first-order valence-corrected chi connectivity index (χ1v) is 8.62. The Hall–Kier alpha value is -0.980. The summed E-state index contributed by atoms with van der Waals surface area (Å²) < 4.78 is 6.16. The molecule has 0 amide bonds. The van der Waals surface area contributed by atoms with E-state index in [-0.39, 0.29) is 24.0 Å². The molecule has 0 atom stereocenters. The van der Waals surface area contributed by atoms with Gasteiger partial charge in [0.05, 0.1) is 12.6 Å². The van der Waals surface area contributed by atoms with Crippen molar-refractivity contribution < 1.29 is 4.74 Å². The molecular formula is C18H28IN3O. The summed E-state index contributed by atoms with van der Waals surface area (Å²) in [4.78, 5) is 6.79. The van der Waals surface area contributed by atoms with E-state index >= 15 is 0 Å². The van der Waals surface area contributed by atoms with Crippen LogP contribution in [0.2, 0.25) is 0 Å². The Morgan fingerprint density at radius 3 is 2.52 bits per heavy atom. The SMILES string of the molecule is I.NC(=NCc1ccccc1OC1CCCC1)N1CCCCC1. The number of aliphatic imine (C=N–C) groups is 1. The van der Waals surface area contributed by atoms with E-state index in [0.29, 0.717) is 18.6 Å². The molecule has 2 N–H and O–H groups in total. The lowest BCUT2D eigenvalue weighted by Crippen LogP contribution is -2.40. The topological polar surface area (TPSA) is 50.9 Å². The third kappa shape index (κ3) is 5.26. The molecule has 1 aromatic carbocycles. The van der Waals surface area contributed by atoms with Gasteiger partial charge in [-0.15, -0.1) is 24.0 Å². The van der Waals surface area contributed by atoms with Crippen molar-refractivity contribution in [3.63, 3.8) is 0 Å². The van der Waals surface area contributed by atoms with E-state index in [1.165, 1.54) is 44.9 Å². The van der Waals surface area contributed by atoms with Crippen LogP contribution < -0.4 is 10.5 Å². The molecule has 2 fully saturated rings. The van der Waals surface area contributed by atoms with Crippen LogP contribution in [0.15, 0.2) is 29.3 Å². The van der Waals surface area contributed by atoms with Crippen LogP contribution in [0.3, 0.4) is 0 Å². The molecule has 0 unspecified atom stereocenters. The molecule has 0 spiro atoms. The van der Waals surface area contributed by atoms with Gasteiger partial charge in [-0.25, -0.2) is 4.99 Å². The average Bonchev–Trinajstić information content (AvgIpc) is 3.07. The summed E-state index contributed by atoms with van der Waals surface area (Å²) in [6.07, 6.45) is 9.04. The molecule has 1 heterocycles. The van der Waals surface area contributed by atoms with E-state index in [0.717, 1.165) is 24.4 Å². The zero-order valence-electron chi connectivity index (χ0n) is 13.7. The highest BCUT2D eigenvalue weighted by Crippen LogP contribution is 2.27. The Labute approximate surface area is 156 Å². The highest BCUT2D eigenvalue weighted by atomic mass is 127. The molecule has 1 aromatic rings. The Morgan fingerprint density at radius 1 is 1.09 bits per heavy atom. The number of benzene rings is 1. The highest BCUT2D eigenvalue weighted by molar-refractivity contribution is 14.0. The average molecular weight is 429 g/mol. The summed E-state index contributed by atoms with van der Waals surface area (Å²) in [5, 5.41) is 0. The maximum absolute atomic E-state index is 6.16. The molecule has 128 valence electrons. The molecule has 0 radical (unpaired) electrons. The minimum Gasteiger partial charge on any atom is -0.490 e. The summed E-state index contributed by atoms with van der Waals surface area (Å²) in [5.41, 5.74) is 7.28. The van der Waals surface area contributed by atoms with E-state index in [4.69, 9.17) is 10.5 Å². The monoisotopic (exact) mass is 429 g/mol. The van der Waals surface area contributed by atoms with Gasteiger partial charge in [0, 0.05) is 18.7 Å². The smallest absolute Gasteiger partial charge is 0.191 e. The number of guanidine groups is 1. The normalized spacial score (nSPS) is 19.5. The largest absolute Gasteiger partial charge is 0.490 e. The number of nitrogens with two attached hydrogens (primary N) is 1. The van der Waals surface area contributed by atoms with Crippen LogP contribution in [0.5, 0.6) is 5.75 Å². The van der Waals surface area contributed by atoms with E-state index < -0.39 is 0 Å². The van der Waals surface area contributed by atoms with E-state index in [1.807, 2.05) is 12.1 Å². The minimum absolute atomic E-state index is 0. The highest BCUT2D eigenvalue weighted by Gasteiger charge is 2.18. The number of halogens is 1. The molecule has 1 aliphatic carbocycles. The van der Waals surface area contributed by atoms with Crippen molar-refractivity contribution in [3.8, 4) is 5.75 Å². The Kier molecular flexibility index (Phi) is 7.46. The zero-order valence-corrected chi connectivity index (χ0v) is 16.1. The van der Waals surface area contributed by atoms with Gasteiger partial charge in [0.1, 0.15) is 5.75 Å². The lowest BCUT2D eigenvalue weighted by molar-refractivity contribution is 0.208. The van der Waals surface area contributed by atoms with Crippen LogP contribution in [0, 0.1) is 0 Å². The van der Waals surface area contributed by atoms with Crippen molar-refractivity contribution in [1.29, 1.82) is 0 Å². The second-order valence-electron chi connectivity index (χ2n) is 6.35. The molecule has 23 heavy (non-hydrogen) atoms. The molecular weight excluding hydrogens is 401 g/mol. The summed E-state index contributed by atoms with van der Waals surface area (Å²) in [6.45, 7) is 2.68. The van der Waals surface area contributed by atoms with E-state index in [9.17, 15) is 0 Å². The lowest BCUT2D eigenvalue weighted by atomic mass is 10.1. The predicted molar refractivity (Wildman–Crippen MR) is 105 cm³/mol. The van der Waals surface area contributed by atoms with Crippen LogP contribution in [0.4, 0.5) is 0 Å². The van der Waals surface area contributed by atoms with Crippen LogP contribution in [-0.4, -0.2) is 30.1 Å². The third-order valence-corrected chi connectivity index (χ3v) is 4.66. The fourth-order valence-corrected chi connectivity index (χ4v) is 3.32. The Bertz CT molecular complexity index is 509. The number of piperidine rings is 1. The molecule has 0 aromatic heterocycles. The number of likely N-dealkylation sites (tertiary alicyclic amines) is 1. The van der Waals surface area contributed by atoms with Gasteiger partial charge >= 0.3 is 0 Å². The zero-order chi connectivity index (χ0) is 15.2. The molecule has 5 heteroatoms. The number of para-hydroxylation sites is 1. The fraction of sp³-hybridized carbons (Fsp3) is 0.611. The van der Waals surface area contributed by atoms with Gasteiger partial charge < -0.3 is 15.4 Å². The lowest BCUT2D eigenvalue weighted by Gasteiger charge is -2.27. The second-order valence-corrected chi connectivity index (χ2v) is 6.35. The summed E-state index contributed by atoms with van der Waals surface area (Å²) in [5.74, 6) is 1.65. The summed E-state index contributed by atoms with van der Waals surface area (Å²) in [6, 6.07) is 8.23. The predicted octanol–water partition coefficient (Wildman–Crippen LogP) is 3.93.